The molecule has 0 radical (unpaired) electrons. The van der Waals surface area contributed by atoms with Gasteiger partial charge in [0.25, 0.3) is 0 Å². The molecular formula is C18H35NO2. The Hall–Kier alpha value is -1.51. The lowest BCUT2D eigenvalue weighted by atomic mass is 10.1. The van der Waals surface area contributed by atoms with Crippen LogP contribution in [0.4, 0.5) is 4.79 Å². The van der Waals surface area contributed by atoms with Gasteiger partial charge in [-0.25, -0.2) is 4.79 Å². The van der Waals surface area contributed by atoms with Gasteiger partial charge >= 0.3 is 6.09 Å². The van der Waals surface area contributed by atoms with Gasteiger partial charge < -0.3 is 10.1 Å². The molecule has 0 saturated carbocycles. The Balaban J connectivity index is -0.000000536. The number of carbonyl (C=O) groups is 1. The summed E-state index contributed by atoms with van der Waals surface area (Å²) in [6, 6.07) is 8.01. The Morgan fingerprint density at radius 3 is 2.19 bits per heavy atom. The van der Waals surface area contributed by atoms with Gasteiger partial charge in [-0.05, 0) is 33.3 Å². The third-order valence-corrected chi connectivity index (χ3v) is 1.92. The molecule has 0 heterocycles. The van der Waals surface area contributed by atoms with Crippen molar-refractivity contribution in [3.05, 3.63) is 35.4 Å². The smallest absolute Gasteiger partial charge is 0.407 e. The third kappa shape index (κ3) is 14.7. The SMILES string of the molecule is CC.CCC.Cc1cccc(CNC(=O)OC(C)(C)C)c1.[HH]. The molecule has 0 bridgehead atoms. The standard InChI is InChI=1S/C13H19NO2.C3H8.C2H6.H2/c1-10-6-5-7-11(8-10)9-14-12(15)16-13(2,3)4;1-3-2;1-2;/h5-8H,9H2,1-4H3,(H,14,15);3H2,1-2H3;1-2H3;1H. The fourth-order valence-electron chi connectivity index (χ4n) is 1.31. The molecule has 3 heteroatoms. The van der Waals surface area contributed by atoms with Crippen LogP contribution in [0.5, 0.6) is 0 Å². The van der Waals surface area contributed by atoms with Gasteiger partial charge in [0.2, 0.25) is 0 Å². The number of rotatable bonds is 2. The lowest BCUT2D eigenvalue weighted by Gasteiger charge is -2.19. The minimum atomic E-state index is -0.448. The first-order chi connectivity index (χ1) is 9.78. The van der Waals surface area contributed by atoms with Gasteiger partial charge in [0.05, 0.1) is 0 Å². The van der Waals surface area contributed by atoms with E-state index < -0.39 is 5.60 Å². The molecule has 0 aliphatic rings. The van der Waals surface area contributed by atoms with Crippen molar-refractivity contribution in [3.8, 4) is 0 Å². The first-order valence-corrected chi connectivity index (χ1v) is 7.81. The molecule has 21 heavy (non-hydrogen) atoms. The van der Waals surface area contributed by atoms with Crippen molar-refractivity contribution in [2.75, 3.05) is 0 Å². The minimum Gasteiger partial charge on any atom is -0.444 e. The summed E-state index contributed by atoms with van der Waals surface area (Å²) in [6.45, 7) is 16.3. The monoisotopic (exact) mass is 297 g/mol. The maximum atomic E-state index is 11.4. The molecule has 1 aromatic carbocycles. The highest BCUT2D eigenvalue weighted by Crippen LogP contribution is 2.07. The molecule has 3 nitrogen and oxygen atoms in total. The van der Waals surface area contributed by atoms with Crippen molar-refractivity contribution in [2.45, 2.75) is 74.0 Å². The summed E-state index contributed by atoms with van der Waals surface area (Å²) in [4.78, 5) is 11.4. The van der Waals surface area contributed by atoms with Crippen LogP contribution >= 0.6 is 0 Å². The van der Waals surface area contributed by atoms with Gasteiger partial charge in [-0.15, -0.1) is 0 Å². The molecule has 1 aromatic rings. The van der Waals surface area contributed by atoms with Gasteiger partial charge in [0.1, 0.15) is 5.60 Å². The molecule has 0 fully saturated rings. The molecule has 124 valence electrons. The first kappa shape index (κ1) is 21.8. The molecule has 0 aromatic heterocycles. The topological polar surface area (TPSA) is 38.3 Å². The highest BCUT2D eigenvalue weighted by atomic mass is 16.6. The van der Waals surface area contributed by atoms with Crippen molar-refractivity contribution in [1.82, 2.24) is 5.32 Å². The maximum Gasteiger partial charge on any atom is 0.407 e. The van der Waals surface area contributed by atoms with Crippen LogP contribution in [0.2, 0.25) is 0 Å². The van der Waals surface area contributed by atoms with Gasteiger partial charge in [0, 0.05) is 7.97 Å². The molecule has 0 unspecified atom stereocenters. The largest absolute Gasteiger partial charge is 0.444 e. The van der Waals surface area contributed by atoms with Crippen molar-refractivity contribution < 1.29 is 11.0 Å². The van der Waals surface area contributed by atoms with Crippen LogP contribution in [0.3, 0.4) is 0 Å². The Morgan fingerprint density at radius 2 is 1.76 bits per heavy atom. The fourth-order valence-corrected chi connectivity index (χ4v) is 1.31. The molecule has 0 saturated heterocycles. The summed E-state index contributed by atoms with van der Waals surface area (Å²) in [7, 11) is 0. The van der Waals surface area contributed by atoms with E-state index in [1.165, 1.54) is 12.0 Å². The van der Waals surface area contributed by atoms with Crippen LogP contribution in [0.25, 0.3) is 0 Å². The molecule has 1 amide bonds. The zero-order chi connectivity index (χ0) is 16.9. The van der Waals surface area contributed by atoms with Gasteiger partial charge in [-0.1, -0.05) is 63.9 Å². The van der Waals surface area contributed by atoms with E-state index in [0.29, 0.717) is 6.54 Å². The molecule has 0 aliphatic carbocycles. The van der Waals surface area contributed by atoms with Crippen LogP contribution in [0.1, 0.15) is 67.4 Å². The normalized spacial score (nSPS) is 9.52. The van der Waals surface area contributed by atoms with Crippen LogP contribution in [0, 0.1) is 6.92 Å². The van der Waals surface area contributed by atoms with E-state index in [-0.39, 0.29) is 7.52 Å². The Bertz CT molecular complexity index is 387. The van der Waals surface area contributed by atoms with Crippen LogP contribution in [-0.4, -0.2) is 11.7 Å². The van der Waals surface area contributed by atoms with Crippen LogP contribution in [0.15, 0.2) is 24.3 Å². The number of aryl methyl sites for hydroxylation is 1. The third-order valence-electron chi connectivity index (χ3n) is 1.92. The summed E-state index contributed by atoms with van der Waals surface area (Å²) >= 11 is 0. The van der Waals surface area contributed by atoms with Gasteiger partial charge in [0.15, 0.2) is 0 Å². The number of alkyl carbamates (subject to hydrolysis) is 1. The minimum absolute atomic E-state index is 0. The number of benzene rings is 1. The Labute approximate surface area is 132 Å². The highest BCUT2D eigenvalue weighted by Gasteiger charge is 2.15. The number of ether oxygens (including phenoxy) is 1. The predicted molar refractivity (Wildman–Crippen MR) is 93.7 cm³/mol. The number of carbonyl (C=O) groups excluding carboxylic acids is 1. The Kier molecular flexibility index (Phi) is 12.7. The predicted octanol–water partition coefficient (Wildman–Crippen LogP) is 5.71. The van der Waals surface area contributed by atoms with Crippen molar-refractivity contribution in [2.24, 2.45) is 0 Å². The molecule has 0 aliphatic heterocycles. The van der Waals surface area contributed by atoms with E-state index in [9.17, 15) is 4.79 Å². The van der Waals surface area contributed by atoms with E-state index in [1.807, 2.05) is 65.8 Å². The average Bonchev–Trinajstić information content (AvgIpc) is 2.38. The summed E-state index contributed by atoms with van der Waals surface area (Å²) in [5.41, 5.74) is 1.81. The second-order valence-electron chi connectivity index (χ2n) is 5.55. The molecule has 0 spiro atoms. The van der Waals surface area contributed by atoms with E-state index >= 15 is 0 Å². The zero-order valence-electron chi connectivity index (χ0n) is 15.0. The number of amides is 1. The second-order valence-corrected chi connectivity index (χ2v) is 5.55. The average molecular weight is 297 g/mol. The summed E-state index contributed by atoms with van der Waals surface area (Å²) in [6.07, 6.45) is 0.869. The van der Waals surface area contributed by atoms with E-state index in [0.717, 1.165) is 5.56 Å². The fraction of sp³-hybridized carbons (Fsp3) is 0.611. The highest BCUT2D eigenvalue weighted by molar-refractivity contribution is 5.67. The van der Waals surface area contributed by atoms with E-state index in [1.54, 1.807) is 0 Å². The van der Waals surface area contributed by atoms with Crippen molar-refractivity contribution in [1.29, 1.82) is 0 Å². The molecule has 1 rings (SSSR count). The number of hydrogen-bond acceptors (Lipinski definition) is 2. The van der Waals surface area contributed by atoms with Crippen LogP contribution < -0.4 is 5.32 Å². The van der Waals surface area contributed by atoms with Crippen molar-refractivity contribution in [3.63, 3.8) is 0 Å². The molecular weight excluding hydrogens is 262 g/mol. The lowest BCUT2D eigenvalue weighted by Crippen LogP contribution is -2.32. The lowest BCUT2D eigenvalue weighted by molar-refractivity contribution is 0.0523. The zero-order valence-corrected chi connectivity index (χ0v) is 15.0. The maximum absolute atomic E-state index is 11.4. The Morgan fingerprint density at radius 1 is 1.24 bits per heavy atom. The first-order valence-electron chi connectivity index (χ1n) is 7.81. The van der Waals surface area contributed by atoms with E-state index in [2.05, 4.69) is 19.2 Å². The van der Waals surface area contributed by atoms with Gasteiger partial charge in [-0.3, -0.25) is 0 Å². The molecule has 0 atom stereocenters. The van der Waals surface area contributed by atoms with E-state index in [4.69, 9.17) is 4.74 Å². The molecule has 1 N–H and O–H groups in total. The quantitative estimate of drug-likeness (QED) is 0.759. The number of hydrogen-bond donors (Lipinski definition) is 1. The van der Waals surface area contributed by atoms with Crippen LogP contribution in [-0.2, 0) is 11.3 Å². The summed E-state index contributed by atoms with van der Waals surface area (Å²) < 4.78 is 5.14. The van der Waals surface area contributed by atoms with Crippen molar-refractivity contribution >= 4 is 6.09 Å². The van der Waals surface area contributed by atoms with Gasteiger partial charge in [-0.2, -0.15) is 0 Å². The second kappa shape index (κ2) is 12.2. The summed E-state index contributed by atoms with van der Waals surface area (Å²) in [5.74, 6) is 0. The number of nitrogens with one attached hydrogen (secondary N) is 1. The summed E-state index contributed by atoms with van der Waals surface area (Å²) in [5, 5.41) is 2.72.